The summed E-state index contributed by atoms with van der Waals surface area (Å²) in [5.74, 6) is -0.222. The van der Waals surface area contributed by atoms with E-state index in [2.05, 4.69) is 11.1 Å². The van der Waals surface area contributed by atoms with E-state index in [1.54, 1.807) is 12.1 Å². The van der Waals surface area contributed by atoms with Gasteiger partial charge in [0.2, 0.25) is 0 Å². The number of carbonyl (C=O) groups excluding carboxylic acids is 1. The van der Waals surface area contributed by atoms with Crippen molar-refractivity contribution >= 4 is 16.4 Å². The number of benzene rings is 1. The fourth-order valence-corrected chi connectivity index (χ4v) is 3.32. The minimum Gasteiger partial charge on any atom is -0.426 e. The largest absolute Gasteiger partial charge is 0.426 e. The number of unbranched alkanes of at least 4 members (excludes halogenated alkanes) is 7. The molecule has 0 aliphatic rings. The Bertz CT molecular complexity index is 639. The Kier molecular flexibility index (Phi) is 11.2. The zero-order valence-electron chi connectivity index (χ0n) is 16.4. The lowest BCUT2D eigenvalue weighted by atomic mass is 10.0. The van der Waals surface area contributed by atoms with Crippen molar-refractivity contribution in [3.63, 3.8) is 0 Å². The maximum atomic E-state index is 11.8. The highest BCUT2D eigenvalue weighted by Crippen LogP contribution is 2.16. The van der Waals surface area contributed by atoms with E-state index in [-0.39, 0.29) is 6.42 Å². The van der Waals surface area contributed by atoms with Gasteiger partial charge in [-0.05, 0) is 37.5 Å². The molecule has 0 radical (unpaired) electrons. The number of esters is 1. The molecule has 0 amide bonds. The summed E-state index contributed by atoms with van der Waals surface area (Å²) in [5, 5.41) is 0. The molecule has 0 spiro atoms. The molecule has 0 aliphatic carbocycles. The van der Waals surface area contributed by atoms with Gasteiger partial charge in [-0.1, -0.05) is 64.0 Å². The van der Waals surface area contributed by atoms with Gasteiger partial charge in [0.15, 0.2) is 0 Å². The first-order valence-electron chi connectivity index (χ1n) is 9.75. The van der Waals surface area contributed by atoms with Crippen LogP contribution in [0, 0.1) is 0 Å². The molecule has 1 atom stereocenters. The first-order valence-corrected chi connectivity index (χ1v) is 11.1. The number of rotatable bonds is 14. The molecule has 1 unspecified atom stereocenters. The lowest BCUT2D eigenvalue weighted by molar-refractivity contribution is -0.135. The molecule has 27 heavy (non-hydrogen) atoms. The highest BCUT2D eigenvalue weighted by molar-refractivity contribution is 7.80. The Morgan fingerprint density at radius 3 is 2.11 bits per heavy atom. The van der Waals surface area contributed by atoms with E-state index in [0.29, 0.717) is 5.75 Å². The molecule has 7 heteroatoms. The van der Waals surface area contributed by atoms with Crippen LogP contribution >= 0.6 is 0 Å². The second-order valence-corrected chi connectivity index (χ2v) is 7.93. The van der Waals surface area contributed by atoms with Crippen molar-refractivity contribution in [2.75, 3.05) is 0 Å². The molecule has 0 aliphatic heterocycles. The van der Waals surface area contributed by atoms with Gasteiger partial charge in [0.1, 0.15) is 5.75 Å². The summed E-state index contributed by atoms with van der Waals surface area (Å²) >= 11 is 0. The first kappa shape index (κ1) is 23.6. The third-order valence-corrected chi connectivity index (χ3v) is 4.79. The average molecular weight is 401 g/mol. The number of hydrogen-bond acceptors (Lipinski definition) is 5. The van der Waals surface area contributed by atoms with Crippen LogP contribution in [0.1, 0.15) is 77.2 Å². The van der Waals surface area contributed by atoms with Gasteiger partial charge in [0.05, 0.1) is 12.5 Å². The number of carbonyl (C=O) groups is 1. The Hall–Kier alpha value is -1.44. The first-order chi connectivity index (χ1) is 12.8. The lowest BCUT2D eigenvalue weighted by Gasteiger charge is -2.10. The number of aryl methyl sites for hydroxylation is 1. The summed E-state index contributed by atoms with van der Waals surface area (Å²) in [6, 6.07) is 7.32. The Labute approximate surface area is 163 Å². The average Bonchev–Trinajstić information content (AvgIpc) is 2.56. The van der Waals surface area contributed by atoms with Gasteiger partial charge < -0.3 is 4.74 Å². The molecule has 0 fully saturated rings. The fraction of sp³-hybridized carbons (Fsp3) is 0.650. The molecule has 1 aromatic carbocycles. The van der Waals surface area contributed by atoms with Gasteiger partial charge in [-0.15, -0.1) is 0 Å². The van der Waals surface area contributed by atoms with Gasteiger partial charge in [-0.25, -0.2) is 4.18 Å². The van der Waals surface area contributed by atoms with E-state index >= 15 is 0 Å². The summed E-state index contributed by atoms with van der Waals surface area (Å²) in [7, 11) is -4.57. The van der Waals surface area contributed by atoms with E-state index in [1.807, 2.05) is 12.1 Å². The van der Waals surface area contributed by atoms with Crippen LogP contribution in [0.25, 0.3) is 0 Å². The molecule has 154 valence electrons. The summed E-state index contributed by atoms with van der Waals surface area (Å²) in [6.45, 7) is 3.59. The van der Waals surface area contributed by atoms with Crippen molar-refractivity contribution in [1.29, 1.82) is 0 Å². The van der Waals surface area contributed by atoms with Crippen LogP contribution in [-0.2, 0) is 25.8 Å². The van der Waals surface area contributed by atoms with Crippen LogP contribution in [0.15, 0.2) is 24.3 Å². The molecule has 0 saturated carbocycles. The van der Waals surface area contributed by atoms with Crippen LogP contribution in [0.4, 0.5) is 0 Å². The van der Waals surface area contributed by atoms with Crippen molar-refractivity contribution in [2.45, 2.75) is 84.2 Å². The van der Waals surface area contributed by atoms with Crippen LogP contribution in [0.3, 0.4) is 0 Å². The van der Waals surface area contributed by atoms with Gasteiger partial charge in [0, 0.05) is 0 Å². The van der Waals surface area contributed by atoms with E-state index in [0.717, 1.165) is 12.8 Å². The van der Waals surface area contributed by atoms with Crippen LogP contribution in [-0.4, -0.2) is 25.0 Å². The number of ether oxygens (including phenoxy) is 1. The Morgan fingerprint density at radius 1 is 1.00 bits per heavy atom. The molecule has 1 rings (SSSR count). The highest BCUT2D eigenvalue weighted by Gasteiger charge is 2.17. The highest BCUT2D eigenvalue weighted by atomic mass is 32.3. The maximum Gasteiger partial charge on any atom is 0.397 e. The third kappa shape index (κ3) is 12.5. The van der Waals surface area contributed by atoms with E-state index in [4.69, 9.17) is 9.29 Å². The monoisotopic (exact) mass is 400 g/mol. The third-order valence-electron chi connectivity index (χ3n) is 4.21. The van der Waals surface area contributed by atoms with Crippen molar-refractivity contribution in [3.05, 3.63) is 29.8 Å². The van der Waals surface area contributed by atoms with Crippen molar-refractivity contribution in [2.24, 2.45) is 0 Å². The normalized spacial score (nSPS) is 12.7. The lowest BCUT2D eigenvalue weighted by Crippen LogP contribution is -2.21. The van der Waals surface area contributed by atoms with Crippen LogP contribution in [0.2, 0.25) is 0 Å². The SMILES string of the molecule is CCCCCCCCCCc1ccc(OC(=O)CC(C)OS(=O)(=O)O)cc1. The molecule has 1 aromatic rings. The molecular formula is C20H32O6S. The summed E-state index contributed by atoms with van der Waals surface area (Å²) in [5.41, 5.74) is 1.20. The minimum absolute atomic E-state index is 0.278. The zero-order valence-corrected chi connectivity index (χ0v) is 17.2. The maximum absolute atomic E-state index is 11.8. The second kappa shape index (κ2) is 12.9. The van der Waals surface area contributed by atoms with Crippen molar-refractivity contribution < 1.29 is 26.7 Å². The van der Waals surface area contributed by atoms with Gasteiger partial charge >= 0.3 is 16.4 Å². The smallest absolute Gasteiger partial charge is 0.397 e. The quantitative estimate of drug-likeness (QED) is 0.207. The Morgan fingerprint density at radius 2 is 1.56 bits per heavy atom. The predicted octanol–water partition coefficient (Wildman–Crippen LogP) is 4.87. The molecule has 6 nitrogen and oxygen atoms in total. The van der Waals surface area contributed by atoms with Gasteiger partial charge in [-0.3, -0.25) is 9.35 Å². The van der Waals surface area contributed by atoms with Crippen LogP contribution < -0.4 is 4.74 Å². The molecule has 0 aromatic heterocycles. The second-order valence-electron chi connectivity index (χ2n) is 6.88. The molecule has 0 bridgehead atoms. The van der Waals surface area contributed by atoms with Crippen molar-refractivity contribution in [3.8, 4) is 5.75 Å². The minimum atomic E-state index is -4.57. The van der Waals surface area contributed by atoms with E-state index < -0.39 is 22.5 Å². The number of hydrogen-bond donors (Lipinski definition) is 1. The van der Waals surface area contributed by atoms with E-state index in [9.17, 15) is 13.2 Å². The van der Waals surface area contributed by atoms with E-state index in [1.165, 1.54) is 57.4 Å². The molecule has 0 saturated heterocycles. The summed E-state index contributed by atoms with van der Waals surface area (Å²) < 4.78 is 39.2. The standard InChI is InChI=1S/C20H32O6S/c1-3-4-5-6-7-8-9-10-11-18-12-14-19(15-13-18)25-20(21)16-17(2)26-27(22,23)24/h12-15,17H,3-11,16H2,1-2H3,(H,22,23,24). The zero-order chi connectivity index (χ0) is 20.1. The molecular weight excluding hydrogens is 368 g/mol. The predicted molar refractivity (Wildman–Crippen MR) is 105 cm³/mol. The molecule has 1 N–H and O–H groups in total. The topological polar surface area (TPSA) is 89.9 Å². The fourth-order valence-electron chi connectivity index (χ4n) is 2.84. The summed E-state index contributed by atoms with van der Waals surface area (Å²) in [4.78, 5) is 11.8. The van der Waals surface area contributed by atoms with Gasteiger partial charge in [-0.2, -0.15) is 8.42 Å². The summed E-state index contributed by atoms with van der Waals surface area (Å²) in [6.07, 6.45) is 10.0. The van der Waals surface area contributed by atoms with Crippen LogP contribution in [0.5, 0.6) is 5.75 Å². The van der Waals surface area contributed by atoms with Gasteiger partial charge in [0.25, 0.3) is 0 Å². The van der Waals surface area contributed by atoms with Crippen molar-refractivity contribution in [1.82, 2.24) is 0 Å². The Balaban J connectivity index is 2.24. The molecule has 0 heterocycles.